The molecule has 0 bridgehead atoms. The molecule has 4 heteroatoms. The molecule has 0 saturated carbocycles. The Morgan fingerprint density at radius 1 is 1.33 bits per heavy atom. The van der Waals surface area contributed by atoms with Gasteiger partial charge in [-0.15, -0.1) is 0 Å². The van der Waals surface area contributed by atoms with E-state index in [0.29, 0.717) is 12.1 Å². The molecule has 76 valence electrons. The highest BCUT2D eigenvalue weighted by molar-refractivity contribution is 5.73. The van der Waals surface area contributed by atoms with Gasteiger partial charge in [-0.3, -0.25) is 4.79 Å². The van der Waals surface area contributed by atoms with Crippen LogP contribution in [0.2, 0.25) is 0 Å². The highest BCUT2D eigenvalue weighted by Gasteiger charge is 2.07. The van der Waals surface area contributed by atoms with E-state index < -0.39 is 0 Å². The fraction of sp³-hybridized carbons (Fsp3) is 0.0909. The predicted octanol–water partition coefficient (Wildman–Crippen LogP) is 1.90. The Hall–Kier alpha value is -2.10. The number of nitrogens with one attached hydrogen (secondary N) is 1. The van der Waals surface area contributed by atoms with Crippen molar-refractivity contribution < 1.29 is 9.90 Å². The zero-order chi connectivity index (χ0) is 10.8. The minimum atomic E-state index is 0.211. The third-order valence-corrected chi connectivity index (χ3v) is 2.16. The molecule has 2 aromatic rings. The van der Waals surface area contributed by atoms with Gasteiger partial charge in [0.15, 0.2) is 12.1 Å². The van der Waals surface area contributed by atoms with E-state index >= 15 is 0 Å². The third kappa shape index (κ3) is 1.74. The second-order valence-corrected chi connectivity index (χ2v) is 3.26. The van der Waals surface area contributed by atoms with Crippen LogP contribution in [0.25, 0.3) is 11.3 Å². The van der Waals surface area contributed by atoms with Crippen molar-refractivity contribution in [2.75, 3.05) is 0 Å². The van der Waals surface area contributed by atoms with Gasteiger partial charge in [-0.1, -0.05) is 0 Å². The first-order valence-corrected chi connectivity index (χ1v) is 4.52. The maximum absolute atomic E-state index is 10.5. The minimum Gasteiger partial charge on any atom is -0.508 e. The van der Waals surface area contributed by atoms with Gasteiger partial charge in [-0.2, -0.15) is 0 Å². The summed E-state index contributed by atoms with van der Waals surface area (Å²) in [6.07, 6.45) is 0.677. The van der Waals surface area contributed by atoms with Crippen LogP contribution < -0.4 is 0 Å². The van der Waals surface area contributed by atoms with E-state index in [2.05, 4.69) is 9.97 Å². The summed E-state index contributed by atoms with van der Waals surface area (Å²) in [5.74, 6) is 0.526. The number of imidazole rings is 1. The maximum Gasteiger partial charge on any atom is 0.185 e. The number of phenolic OH excluding ortho intramolecular Hbond substituents is 1. The Morgan fingerprint density at radius 3 is 2.53 bits per heavy atom. The van der Waals surface area contributed by atoms with Gasteiger partial charge in [-0.25, -0.2) is 4.98 Å². The van der Waals surface area contributed by atoms with Crippen LogP contribution in [0, 0.1) is 6.92 Å². The van der Waals surface area contributed by atoms with E-state index in [4.69, 9.17) is 5.11 Å². The Kier molecular flexibility index (Phi) is 2.25. The number of benzene rings is 1. The Bertz CT molecular complexity index is 486. The Morgan fingerprint density at radius 2 is 2.00 bits per heavy atom. The van der Waals surface area contributed by atoms with Gasteiger partial charge < -0.3 is 10.1 Å². The number of carbonyl (C=O) groups excluding carboxylic acids is 1. The van der Waals surface area contributed by atoms with Crippen molar-refractivity contribution in [1.82, 2.24) is 9.97 Å². The number of aromatic amines is 1. The molecule has 1 aromatic heterocycles. The van der Waals surface area contributed by atoms with E-state index in [1.165, 1.54) is 0 Å². The molecule has 0 spiro atoms. The van der Waals surface area contributed by atoms with Gasteiger partial charge in [0.05, 0.1) is 5.69 Å². The molecule has 0 saturated heterocycles. The standard InChI is InChI=1S/C11H10N2O2/c1-7-11(13-10(6-14)12-7)8-2-4-9(15)5-3-8/h2-6,15H,1H3,(H,12,13). The van der Waals surface area contributed by atoms with Crippen molar-refractivity contribution in [3.05, 3.63) is 35.8 Å². The van der Waals surface area contributed by atoms with Gasteiger partial charge in [-0.05, 0) is 31.2 Å². The van der Waals surface area contributed by atoms with E-state index in [1.54, 1.807) is 24.3 Å². The number of aromatic hydroxyl groups is 1. The van der Waals surface area contributed by atoms with Crippen molar-refractivity contribution >= 4 is 6.29 Å². The topological polar surface area (TPSA) is 66.0 Å². The molecule has 0 amide bonds. The van der Waals surface area contributed by atoms with Crippen LogP contribution >= 0.6 is 0 Å². The number of carbonyl (C=O) groups is 1. The third-order valence-electron chi connectivity index (χ3n) is 2.16. The molecule has 1 heterocycles. The zero-order valence-corrected chi connectivity index (χ0v) is 8.19. The van der Waals surface area contributed by atoms with E-state index in [9.17, 15) is 4.79 Å². The summed E-state index contributed by atoms with van der Waals surface area (Å²) >= 11 is 0. The van der Waals surface area contributed by atoms with Crippen molar-refractivity contribution in [2.24, 2.45) is 0 Å². The van der Waals surface area contributed by atoms with Gasteiger partial charge in [0, 0.05) is 11.3 Å². The first kappa shape index (κ1) is 9.45. The van der Waals surface area contributed by atoms with Gasteiger partial charge in [0.2, 0.25) is 0 Å². The van der Waals surface area contributed by atoms with Gasteiger partial charge >= 0.3 is 0 Å². The average Bonchev–Trinajstić information content (AvgIpc) is 2.61. The molecule has 0 radical (unpaired) electrons. The lowest BCUT2D eigenvalue weighted by molar-refractivity contribution is 0.111. The molecule has 0 aliphatic carbocycles. The number of phenols is 1. The first-order valence-electron chi connectivity index (χ1n) is 4.52. The van der Waals surface area contributed by atoms with Gasteiger partial charge in [0.25, 0.3) is 0 Å². The summed E-state index contributed by atoms with van der Waals surface area (Å²) in [6.45, 7) is 1.85. The SMILES string of the molecule is Cc1[nH]c(C=O)nc1-c1ccc(O)cc1. The molecular weight excluding hydrogens is 192 g/mol. The van der Waals surface area contributed by atoms with Crippen LogP contribution in [0.3, 0.4) is 0 Å². The summed E-state index contributed by atoms with van der Waals surface area (Å²) < 4.78 is 0. The van der Waals surface area contributed by atoms with Crippen LogP contribution in [-0.4, -0.2) is 21.4 Å². The lowest BCUT2D eigenvalue weighted by Crippen LogP contribution is -1.81. The number of aromatic nitrogens is 2. The summed E-state index contributed by atoms with van der Waals surface area (Å²) in [7, 11) is 0. The summed E-state index contributed by atoms with van der Waals surface area (Å²) in [5.41, 5.74) is 2.44. The molecule has 2 rings (SSSR count). The summed E-state index contributed by atoms with van der Waals surface area (Å²) in [6, 6.07) is 6.69. The van der Waals surface area contributed by atoms with E-state index in [-0.39, 0.29) is 5.75 Å². The largest absolute Gasteiger partial charge is 0.508 e. The number of hydrogen-bond acceptors (Lipinski definition) is 3. The quantitative estimate of drug-likeness (QED) is 0.731. The molecule has 2 N–H and O–H groups in total. The van der Waals surface area contributed by atoms with E-state index in [0.717, 1.165) is 17.0 Å². The highest BCUT2D eigenvalue weighted by Crippen LogP contribution is 2.22. The fourth-order valence-corrected chi connectivity index (χ4v) is 1.44. The average molecular weight is 202 g/mol. The molecule has 0 fully saturated rings. The first-order chi connectivity index (χ1) is 7.20. The smallest absolute Gasteiger partial charge is 0.185 e. The number of hydrogen-bond donors (Lipinski definition) is 2. The Balaban J connectivity index is 2.48. The maximum atomic E-state index is 10.5. The Labute approximate surface area is 86.6 Å². The molecular formula is C11H10N2O2. The minimum absolute atomic E-state index is 0.211. The van der Waals surface area contributed by atoms with E-state index in [1.807, 2.05) is 6.92 Å². The zero-order valence-electron chi connectivity index (χ0n) is 8.19. The number of nitrogens with zero attached hydrogens (tertiary/aromatic N) is 1. The summed E-state index contributed by atoms with van der Waals surface area (Å²) in [5, 5.41) is 9.14. The lowest BCUT2D eigenvalue weighted by Gasteiger charge is -1.98. The molecule has 1 aromatic carbocycles. The van der Waals surface area contributed by atoms with Crippen molar-refractivity contribution in [2.45, 2.75) is 6.92 Å². The second-order valence-electron chi connectivity index (χ2n) is 3.26. The van der Waals surface area contributed by atoms with Gasteiger partial charge in [0.1, 0.15) is 5.75 Å². The molecule has 0 atom stereocenters. The van der Waals surface area contributed by atoms with Crippen LogP contribution in [0.1, 0.15) is 16.3 Å². The highest BCUT2D eigenvalue weighted by atomic mass is 16.3. The molecule has 0 aliphatic heterocycles. The van der Waals surface area contributed by atoms with Crippen molar-refractivity contribution in [1.29, 1.82) is 0 Å². The number of rotatable bonds is 2. The number of aryl methyl sites for hydroxylation is 1. The monoisotopic (exact) mass is 202 g/mol. The fourth-order valence-electron chi connectivity index (χ4n) is 1.44. The molecule has 0 unspecified atom stereocenters. The molecule has 15 heavy (non-hydrogen) atoms. The second kappa shape index (κ2) is 3.57. The van der Waals surface area contributed by atoms with Crippen molar-refractivity contribution in [3.63, 3.8) is 0 Å². The lowest BCUT2D eigenvalue weighted by atomic mass is 10.1. The predicted molar refractivity (Wildman–Crippen MR) is 55.8 cm³/mol. The van der Waals surface area contributed by atoms with Crippen molar-refractivity contribution in [3.8, 4) is 17.0 Å². The van der Waals surface area contributed by atoms with Crippen LogP contribution in [0.4, 0.5) is 0 Å². The normalized spacial score (nSPS) is 10.2. The summed E-state index contributed by atoms with van der Waals surface area (Å²) in [4.78, 5) is 17.5. The van der Waals surface area contributed by atoms with Crippen LogP contribution in [0.5, 0.6) is 5.75 Å². The number of H-pyrrole nitrogens is 1. The number of aldehydes is 1. The van der Waals surface area contributed by atoms with Crippen LogP contribution in [-0.2, 0) is 0 Å². The van der Waals surface area contributed by atoms with Crippen LogP contribution in [0.15, 0.2) is 24.3 Å². The molecule has 4 nitrogen and oxygen atoms in total. The molecule has 0 aliphatic rings.